The van der Waals surface area contributed by atoms with E-state index in [0.717, 1.165) is 17.7 Å². The summed E-state index contributed by atoms with van der Waals surface area (Å²) in [6.45, 7) is 4.89. The minimum absolute atomic E-state index is 0.195. The molecular formula is C14H16NO. The zero-order valence-corrected chi connectivity index (χ0v) is 9.79. The van der Waals surface area contributed by atoms with Crippen LogP contribution < -0.4 is 0 Å². The molecule has 0 atom stereocenters. The molecular weight excluding hydrogens is 198 g/mol. The quantitative estimate of drug-likeness (QED) is 0.741. The molecule has 0 unspecified atom stereocenters. The number of amides is 1. The Kier molecular flexibility index (Phi) is 2.06. The van der Waals surface area contributed by atoms with E-state index in [1.165, 1.54) is 18.4 Å². The van der Waals surface area contributed by atoms with Crippen LogP contribution in [0.15, 0.2) is 12.1 Å². The molecule has 16 heavy (non-hydrogen) atoms. The normalized spacial score (nSPS) is 19.4. The SMILES string of the molecule is CC(C)N1Cc2c[c]c(C3CC3)cc2C1=O. The van der Waals surface area contributed by atoms with Gasteiger partial charge in [-0.05, 0) is 61.9 Å². The van der Waals surface area contributed by atoms with Crippen molar-refractivity contribution in [2.24, 2.45) is 0 Å². The summed E-state index contributed by atoms with van der Waals surface area (Å²) in [5.41, 5.74) is 3.29. The fourth-order valence-corrected chi connectivity index (χ4v) is 2.33. The summed E-state index contributed by atoms with van der Waals surface area (Å²) >= 11 is 0. The third kappa shape index (κ3) is 1.44. The molecule has 1 amide bonds. The van der Waals surface area contributed by atoms with Crippen LogP contribution in [0, 0.1) is 6.07 Å². The average molecular weight is 214 g/mol. The smallest absolute Gasteiger partial charge is 0.254 e. The Bertz CT molecular complexity index is 446. The summed E-state index contributed by atoms with van der Waals surface area (Å²) in [6.07, 6.45) is 2.52. The highest BCUT2D eigenvalue weighted by atomic mass is 16.2. The molecule has 2 nitrogen and oxygen atoms in total. The van der Waals surface area contributed by atoms with Crippen LogP contribution in [0.5, 0.6) is 0 Å². The predicted molar refractivity (Wildman–Crippen MR) is 62.3 cm³/mol. The lowest BCUT2D eigenvalue weighted by Crippen LogP contribution is -2.30. The van der Waals surface area contributed by atoms with Crippen LogP contribution in [0.3, 0.4) is 0 Å². The van der Waals surface area contributed by atoms with E-state index in [0.29, 0.717) is 5.92 Å². The third-order valence-electron chi connectivity index (χ3n) is 3.53. The van der Waals surface area contributed by atoms with Crippen molar-refractivity contribution in [1.29, 1.82) is 0 Å². The van der Waals surface area contributed by atoms with Gasteiger partial charge < -0.3 is 4.90 Å². The zero-order chi connectivity index (χ0) is 11.3. The molecule has 2 heteroatoms. The molecule has 1 fully saturated rings. The van der Waals surface area contributed by atoms with E-state index in [2.05, 4.69) is 26.0 Å². The number of nitrogens with zero attached hydrogens (tertiary/aromatic N) is 1. The first-order valence-corrected chi connectivity index (χ1v) is 6.02. The monoisotopic (exact) mass is 214 g/mol. The van der Waals surface area contributed by atoms with E-state index in [1.54, 1.807) is 0 Å². The summed E-state index contributed by atoms with van der Waals surface area (Å²) < 4.78 is 0. The van der Waals surface area contributed by atoms with Crippen molar-refractivity contribution in [2.45, 2.75) is 45.2 Å². The lowest BCUT2D eigenvalue weighted by molar-refractivity contribution is 0.0730. The van der Waals surface area contributed by atoms with Gasteiger partial charge in [0.05, 0.1) is 0 Å². The summed E-state index contributed by atoms with van der Waals surface area (Å²) in [4.78, 5) is 14.1. The lowest BCUT2D eigenvalue weighted by Gasteiger charge is -2.19. The average Bonchev–Trinajstić information content (AvgIpc) is 3.04. The molecule has 1 saturated carbocycles. The molecule has 83 valence electrons. The molecule has 0 bridgehead atoms. The van der Waals surface area contributed by atoms with Gasteiger partial charge in [0, 0.05) is 18.2 Å². The Morgan fingerprint density at radius 1 is 1.44 bits per heavy atom. The van der Waals surface area contributed by atoms with E-state index in [9.17, 15) is 4.79 Å². The molecule has 0 aromatic heterocycles. The van der Waals surface area contributed by atoms with Gasteiger partial charge in [-0.25, -0.2) is 0 Å². The van der Waals surface area contributed by atoms with Gasteiger partial charge in [0.15, 0.2) is 0 Å². The van der Waals surface area contributed by atoms with Crippen molar-refractivity contribution in [3.05, 3.63) is 34.9 Å². The molecule has 2 aliphatic rings. The van der Waals surface area contributed by atoms with E-state index in [-0.39, 0.29) is 11.9 Å². The van der Waals surface area contributed by atoms with Gasteiger partial charge in [0.1, 0.15) is 0 Å². The fourth-order valence-electron chi connectivity index (χ4n) is 2.33. The maximum absolute atomic E-state index is 12.1. The van der Waals surface area contributed by atoms with E-state index in [4.69, 9.17) is 0 Å². The van der Waals surface area contributed by atoms with Crippen LogP contribution in [0.25, 0.3) is 0 Å². The maximum Gasteiger partial charge on any atom is 0.254 e. The summed E-state index contributed by atoms with van der Waals surface area (Å²) in [5.74, 6) is 0.868. The van der Waals surface area contributed by atoms with E-state index in [1.807, 2.05) is 11.0 Å². The van der Waals surface area contributed by atoms with Crippen molar-refractivity contribution >= 4 is 5.91 Å². The van der Waals surface area contributed by atoms with Crippen LogP contribution in [-0.2, 0) is 6.54 Å². The Hall–Kier alpha value is -1.31. The van der Waals surface area contributed by atoms with E-state index >= 15 is 0 Å². The second kappa shape index (κ2) is 3.34. The van der Waals surface area contributed by atoms with Crippen LogP contribution in [0.1, 0.15) is 54.1 Å². The maximum atomic E-state index is 12.1. The van der Waals surface area contributed by atoms with Crippen LogP contribution in [-0.4, -0.2) is 16.8 Å². The van der Waals surface area contributed by atoms with Gasteiger partial charge in [0.2, 0.25) is 0 Å². The summed E-state index contributed by atoms with van der Waals surface area (Å²) in [7, 11) is 0. The lowest BCUT2D eigenvalue weighted by atomic mass is 10.0. The minimum atomic E-state index is 0.195. The third-order valence-corrected chi connectivity index (χ3v) is 3.53. The fraction of sp³-hybridized carbons (Fsp3) is 0.500. The van der Waals surface area contributed by atoms with Crippen LogP contribution in [0.4, 0.5) is 0 Å². The molecule has 1 heterocycles. The second-order valence-corrected chi connectivity index (χ2v) is 5.13. The standard InChI is InChI=1S/C14H16NO/c1-9(2)15-8-12-6-5-11(10-3-4-10)7-13(12)14(15)16/h6-7,9-10H,3-4,8H2,1-2H3. The van der Waals surface area contributed by atoms with Gasteiger partial charge in [-0.3, -0.25) is 4.79 Å². The Morgan fingerprint density at radius 2 is 2.19 bits per heavy atom. The molecule has 1 aliphatic carbocycles. The van der Waals surface area contributed by atoms with Gasteiger partial charge >= 0.3 is 0 Å². The van der Waals surface area contributed by atoms with Crippen LogP contribution >= 0.6 is 0 Å². The Morgan fingerprint density at radius 3 is 2.81 bits per heavy atom. The van der Waals surface area contributed by atoms with Gasteiger partial charge in [-0.15, -0.1) is 0 Å². The molecule has 1 aliphatic heterocycles. The number of carbonyl (C=O) groups excluding carboxylic acids is 1. The van der Waals surface area contributed by atoms with Crippen molar-refractivity contribution in [3.8, 4) is 0 Å². The number of carbonyl (C=O) groups is 1. The largest absolute Gasteiger partial charge is 0.332 e. The summed E-state index contributed by atoms with van der Waals surface area (Å²) in [5, 5.41) is 0. The van der Waals surface area contributed by atoms with Crippen molar-refractivity contribution in [2.75, 3.05) is 0 Å². The number of fused-ring (bicyclic) bond motifs is 1. The second-order valence-electron chi connectivity index (χ2n) is 5.13. The summed E-state index contributed by atoms with van der Waals surface area (Å²) in [6, 6.07) is 7.70. The van der Waals surface area contributed by atoms with Gasteiger partial charge in [-0.2, -0.15) is 0 Å². The number of hydrogen-bond acceptors (Lipinski definition) is 1. The van der Waals surface area contributed by atoms with Crippen molar-refractivity contribution in [3.63, 3.8) is 0 Å². The highest BCUT2D eigenvalue weighted by Gasteiger charge is 2.31. The number of benzene rings is 1. The Labute approximate surface area is 96.3 Å². The van der Waals surface area contributed by atoms with Crippen molar-refractivity contribution < 1.29 is 4.79 Å². The molecule has 0 saturated heterocycles. The van der Waals surface area contributed by atoms with Gasteiger partial charge in [0.25, 0.3) is 5.91 Å². The zero-order valence-electron chi connectivity index (χ0n) is 9.79. The highest BCUT2D eigenvalue weighted by Crippen LogP contribution is 2.41. The number of rotatable bonds is 2. The minimum Gasteiger partial charge on any atom is -0.332 e. The molecule has 0 N–H and O–H groups in total. The highest BCUT2D eigenvalue weighted by molar-refractivity contribution is 5.98. The molecule has 3 rings (SSSR count). The molecule has 1 aromatic rings. The molecule has 0 spiro atoms. The first-order valence-electron chi connectivity index (χ1n) is 6.02. The van der Waals surface area contributed by atoms with Gasteiger partial charge in [-0.1, -0.05) is 0 Å². The molecule has 1 aromatic carbocycles. The number of hydrogen-bond donors (Lipinski definition) is 0. The molecule has 1 radical (unpaired) electrons. The van der Waals surface area contributed by atoms with Crippen LogP contribution in [0.2, 0.25) is 0 Å². The van der Waals surface area contributed by atoms with Crippen molar-refractivity contribution in [1.82, 2.24) is 4.90 Å². The predicted octanol–water partition coefficient (Wildman–Crippen LogP) is 2.73. The van der Waals surface area contributed by atoms with E-state index < -0.39 is 0 Å². The first-order chi connectivity index (χ1) is 7.66. The first kappa shape index (κ1) is 9.88. The Balaban J connectivity index is 1.97. The topological polar surface area (TPSA) is 20.3 Å².